The smallest absolute Gasteiger partial charge is 0.303 e. The minimum atomic E-state index is -0.962. The molecule has 1 aromatic carbocycles. The Hall–Kier alpha value is -2.08. The second-order valence-electron chi connectivity index (χ2n) is 3.81. The summed E-state index contributed by atoms with van der Waals surface area (Å²) in [6, 6.07) is 2.08. The molecule has 1 aromatic rings. The van der Waals surface area contributed by atoms with Crippen LogP contribution in [0.2, 0.25) is 0 Å². The van der Waals surface area contributed by atoms with Crippen molar-refractivity contribution in [3.8, 4) is 11.5 Å². The summed E-state index contributed by atoms with van der Waals surface area (Å²) >= 11 is 0. The number of phenols is 1. The van der Waals surface area contributed by atoms with E-state index in [2.05, 4.69) is 0 Å². The first-order chi connectivity index (χ1) is 8.49. The summed E-state index contributed by atoms with van der Waals surface area (Å²) in [5.74, 6) is -0.925. The molecule has 0 aliphatic heterocycles. The van der Waals surface area contributed by atoms with Crippen molar-refractivity contribution in [2.24, 2.45) is 5.73 Å². The van der Waals surface area contributed by atoms with E-state index < -0.39 is 12.0 Å². The Morgan fingerprint density at radius 3 is 2.72 bits per heavy atom. The number of aliphatic carboxylic acids is 1. The predicted molar refractivity (Wildman–Crippen MR) is 63.8 cm³/mol. The van der Waals surface area contributed by atoms with Gasteiger partial charge in [0, 0.05) is 18.0 Å². The molecule has 98 valence electrons. The van der Waals surface area contributed by atoms with E-state index in [1.54, 1.807) is 0 Å². The lowest BCUT2D eigenvalue weighted by Gasteiger charge is -2.15. The Balaban J connectivity index is 3.03. The third kappa shape index (κ3) is 3.21. The summed E-state index contributed by atoms with van der Waals surface area (Å²) in [5.41, 5.74) is 6.49. The highest BCUT2D eigenvalue weighted by Gasteiger charge is 2.16. The van der Waals surface area contributed by atoms with E-state index in [1.807, 2.05) is 0 Å². The number of rotatable bonds is 6. The molecule has 0 saturated carbocycles. The zero-order chi connectivity index (χ0) is 13.7. The molecule has 4 N–H and O–H groups in total. The number of aldehydes is 1. The SMILES string of the molecule is COc1cc(C=O)c(C(N)CCC(=O)O)cc1O. The third-order valence-electron chi connectivity index (χ3n) is 2.58. The second-order valence-corrected chi connectivity index (χ2v) is 3.81. The molecule has 0 aliphatic carbocycles. The van der Waals surface area contributed by atoms with Gasteiger partial charge in [-0.05, 0) is 24.1 Å². The Labute approximate surface area is 104 Å². The largest absolute Gasteiger partial charge is 0.504 e. The summed E-state index contributed by atoms with van der Waals surface area (Å²) in [5, 5.41) is 18.2. The molecule has 0 bridgehead atoms. The highest BCUT2D eigenvalue weighted by molar-refractivity contribution is 5.79. The van der Waals surface area contributed by atoms with Crippen molar-refractivity contribution >= 4 is 12.3 Å². The molecule has 0 heterocycles. The van der Waals surface area contributed by atoms with Gasteiger partial charge in [-0.3, -0.25) is 9.59 Å². The second kappa shape index (κ2) is 6.02. The van der Waals surface area contributed by atoms with Crippen LogP contribution in [-0.4, -0.2) is 29.6 Å². The van der Waals surface area contributed by atoms with Crippen molar-refractivity contribution in [2.75, 3.05) is 7.11 Å². The van der Waals surface area contributed by atoms with Gasteiger partial charge in [-0.15, -0.1) is 0 Å². The molecule has 1 rings (SSSR count). The minimum Gasteiger partial charge on any atom is -0.504 e. The lowest BCUT2D eigenvalue weighted by atomic mass is 9.97. The van der Waals surface area contributed by atoms with Crippen LogP contribution in [0.4, 0.5) is 0 Å². The molecular weight excluding hydrogens is 238 g/mol. The van der Waals surface area contributed by atoms with Crippen LogP contribution in [0, 0.1) is 0 Å². The Morgan fingerprint density at radius 2 is 2.22 bits per heavy atom. The number of hydrogen-bond acceptors (Lipinski definition) is 5. The fourth-order valence-electron chi connectivity index (χ4n) is 1.62. The van der Waals surface area contributed by atoms with Crippen molar-refractivity contribution in [3.63, 3.8) is 0 Å². The van der Waals surface area contributed by atoms with Crippen LogP contribution in [0.15, 0.2) is 12.1 Å². The molecule has 6 heteroatoms. The normalized spacial score (nSPS) is 11.9. The highest BCUT2D eigenvalue weighted by atomic mass is 16.5. The minimum absolute atomic E-state index is 0.105. The van der Waals surface area contributed by atoms with Gasteiger partial charge in [-0.2, -0.15) is 0 Å². The maximum atomic E-state index is 10.9. The van der Waals surface area contributed by atoms with Crippen molar-refractivity contribution < 1.29 is 24.5 Å². The summed E-state index contributed by atoms with van der Waals surface area (Å²) < 4.78 is 4.88. The lowest BCUT2D eigenvalue weighted by molar-refractivity contribution is -0.137. The van der Waals surface area contributed by atoms with Crippen molar-refractivity contribution in [1.82, 2.24) is 0 Å². The number of carbonyl (C=O) groups is 2. The van der Waals surface area contributed by atoms with E-state index in [4.69, 9.17) is 15.6 Å². The first-order valence-corrected chi connectivity index (χ1v) is 5.33. The van der Waals surface area contributed by atoms with E-state index in [1.165, 1.54) is 19.2 Å². The molecular formula is C12H15NO5. The molecule has 6 nitrogen and oxygen atoms in total. The van der Waals surface area contributed by atoms with Crippen LogP contribution in [0.1, 0.15) is 34.8 Å². The zero-order valence-electron chi connectivity index (χ0n) is 9.92. The molecule has 0 aliphatic rings. The van der Waals surface area contributed by atoms with Crippen LogP contribution in [0.5, 0.6) is 11.5 Å². The van der Waals surface area contributed by atoms with Crippen LogP contribution >= 0.6 is 0 Å². The maximum absolute atomic E-state index is 10.9. The van der Waals surface area contributed by atoms with Gasteiger partial charge in [0.05, 0.1) is 7.11 Å². The van der Waals surface area contributed by atoms with Crippen LogP contribution in [0.3, 0.4) is 0 Å². The van der Waals surface area contributed by atoms with Gasteiger partial charge in [0.25, 0.3) is 0 Å². The monoisotopic (exact) mass is 253 g/mol. The van der Waals surface area contributed by atoms with E-state index in [9.17, 15) is 14.7 Å². The lowest BCUT2D eigenvalue weighted by Crippen LogP contribution is -2.14. The number of carboxylic acids is 1. The van der Waals surface area contributed by atoms with E-state index in [0.29, 0.717) is 11.8 Å². The predicted octanol–water partition coefficient (Wildman–Crippen LogP) is 1.08. The number of benzene rings is 1. The molecule has 0 amide bonds. The van der Waals surface area contributed by atoms with Gasteiger partial charge < -0.3 is 20.7 Å². The summed E-state index contributed by atoms with van der Waals surface area (Å²) in [4.78, 5) is 21.4. The average molecular weight is 253 g/mol. The fraction of sp³-hybridized carbons (Fsp3) is 0.333. The first kappa shape index (κ1) is 14.0. The molecule has 1 atom stereocenters. The van der Waals surface area contributed by atoms with E-state index in [-0.39, 0.29) is 29.9 Å². The molecule has 0 fully saturated rings. The van der Waals surface area contributed by atoms with Gasteiger partial charge in [0.1, 0.15) is 0 Å². The zero-order valence-corrected chi connectivity index (χ0v) is 9.92. The van der Waals surface area contributed by atoms with Crippen LogP contribution in [-0.2, 0) is 4.79 Å². The third-order valence-corrected chi connectivity index (χ3v) is 2.58. The van der Waals surface area contributed by atoms with Crippen molar-refractivity contribution in [1.29, 1.82) is 0 Å². The number of hydrogen-bond donors (Lipinski definition) is 3. The van der Waals surface area contributed by atoms with Crippen LogP contribution in [0.25, 0.3) is 0 Å². The molecule has 0 saturated heterocycles. The molecule has 0 spiro atoms. The quantitative estimate of drug-likeness (QED) is 0.654. The van der Waals surface area contributed by atoms with Gasteiger partial charge in [0.15, 0.2) is 17.8 Å². The summed E-state index contributed by atoms with van der Waals surface area (Å²) in [6.07, 6.45) is 0.673. The number of methoxy groups -OCH3 is 1. The molecule has 1 unspecified atom stereocenters. The van der Waals surface area contributed by atoms with Gasteiger partial charge in [0.2, 0.25) is 0 Å². The standard InChI is InChI=1S/C12H15NO5/c1-18-11-4-7(6-14)8(5-10(11)15)9(13)2-3-12(16)17/h4-6,9,15H,2-3,13H2,1H3,(H,16,17). The fourth-order valence-corrected chi connectivity index (χ4v) is 1.62. The molecule has 0 aromatic heterocycles. The first-order valence-electron chi connectivity index (χ1n) is 5.33. The number of ether oxygens (including phenoxy) is 1. The topological polar surface area (TPSA) is 110 Å². The number of carbonyl (C=O) groups excluding carboxylic acids is 1. The maximum Gasteiger partial charge on any atom is 0.303 e. The van der Waals surface area contributed by atoms with Crippen molar-refractivity contribution in [2.45, 2.75) is 18.9 Å². The number of nitrogens with two attached hydrogens (primary N) is 1. The number of aromatic hydroxyl groups is 1. The van der Waals surface area contributed by atoms with E-state index in [0.717, 1.165) is 0 Å². The number of phenolic OH excluding ortho intramolecular Hbond substituents is 1. The molecule has 0 radical (unpaired) electrons. The Morgan fingerprint density at radius 1 is 1.56 bits per heavy atom. The summed E-state index contributed by atoms with van der Waals surface area (Å²) in [6.45, 7) is 0. The van der Waals surface area contributed by atoms with E-state index >= 15 is 0 Å². The van der Waals surface area contributed by atoms with Crippen molar-refractivity contribution in [3.05, 3.63) is 23.3 Å². The Kier molecular flexibility index (Phi) is 4.67. The Bertz CT molecular complexity index is 458. The number of carboxylic acid groups (broad SMARTS) is 1. The van der Waals surface area contributed by atoms with Gasteiger partial charge in [-0.1, -0.05) is 0 Å². The van der Waals surface area contributed by atoms with Gasteiger partial charge in [-0.25, -0.2) is 0 Å². The summed E-state index contributed by atoms with van der Waals surface area (Å²) in [7, 11) is 1.37. The highest BCUT2D eigenvalue weighted by Crippen LogP contribution is 2.32. The van der Waals surface area contributed by atoms with Crippen LogP contribution < -0.4 is 10.5 Å². The molecule has 18 heavy (non-hydrogen) atoms. The van der Waals surface area contributed by atoms with Gasteiger partial charge >= 0.3 is 5.97 Å². The average Bonchev–Trinajstić information content (AvgIpc) is 2.35.